The minimum Gasteiger partial charge on any atom is -0.497 e. The summed E-state index contributed by atoms with van der Waals surface area (Å²) in [7, 11) is 1.51. The van der Waals surface area contributed by atoms with Gasteiger partial charge in [-0.1, -0.05) is 24.3 Å². The summed E-state index contributed by atoms with van der Waals surface area (Å²) in [6.45, 7) is 3.61. The highest BCUT2D eigenvalue weighted by atomic mass is 16.5. The number of carbonyl (C=O) groups excluding carboxylic acids is 4. The highest BCUT2D eigenvalue weighted by Crippen LogP contribution is 2.31. The van der Waals surface area contributed by atoms with Gasteiger partial charge in [0.1, 0.15) is 11.5 Å². The number of ketones is 1. The summed E-state index contributed by atoms with van der Waals surface area (Å²) in [5, 5.41) is 0. The molecule has 1 atom stereocenters. The van der Waals surface area contributed by atoms with E-state index in [4.69, 9.17) is 14.2 Å². The molecule has 0 N–H and O–H groups in total. The molecular weight excluding hydrogens is 474 g/mol. The Hall–Kier alpha value is -4.46. The molecule has 0 spiro atoms. The smallest absolute Gasteiger partial charge is 0.343 e. The number of methoxy groups -OCH3 is 1. The number of hydrogen-bond acceptors (Lipinski definition) is 7. The zero-order valence-electron chi connectivity index (χ0n) is 20.9. The van der Waals surface area contributed by atoms with Gasteiger partial charge in [0.05, 0.1) is 18.6 Å². The fraction of sp³-hybridized carbons (Fsp3) is 0.241. The summed E-state index contributed by atoms with van der Waals surface area (Å²) in [6, 6.07) is 18.3. The van der Waals surface area contributed by atoms with Crippen molar-refractivity contribution >= 4 is 29.3 Å². The molecule has 190 valence electrons. The van der Waals surface area contributed by atoms with Gasteiger partial charge in [-0.3, -0.25) is 14.4 Å². The van der Waals surface area contributed by atoms with Crippen LogP contribution in [0.2, 0.25) is 0 Å². The van der Waals surface area contributed by atoms with E-state index in [0.29, 0.717) is 16.9 Å². The van der Waals surface area contributed by atoms with Gasteiger partial charge in [-0.15, -0.1) is 0 Å². The lowest BCUT2D eigenvalue weighted by atomic mass is 10.1. The molecule has 0 unspecified atom stereocenters. The lowest BCUT2D eigenvalue weighted by Gasteiger charge is -2.21. The number of para-hydroxylation sites is 1. The molecule has 0 bridgehead atoms. The average Bonchev–Trinajstić information content (AvgIpc) is 3.28. The number of carbonyl (C=O) groups is 4. The van der Waals surface area contributed by atoms with Gasteiger partial charge in [0.2, 0.25) is 5.91 Å². The van der Waals surface area contributed by atoms with E-state index in [1.165, 1.54) is 31.4 Å². The van der Waals surface area contributed by atoms with Crippen LogP contribution in [-0.2, 0) is 14.3 Å². The topological polar surface area (TPSA) is 99.2 Å². The van der Waals surface area contributed by atoms with Crippen LogP contribution in [-0.4, -0.2) is 43.9 Å². The maximum Gasteiger partial charge on any atom is 0.343 e. The van der Waals surface area contributed by atoms with Crippen LogP contribution in [0, 0.1) is 19.8 Å². The molecule has 37 heavy (non-hydrogen) atoms. The molecule has 1 aliphatic heterocycles. The van der Waals surface area contributed by atoms with Crippen molar-refractivity contribution in [3.05, 3.63) is 89.0 Å². The third-order valence-corrected chi connectivity index (χ3v) is 6.21. The molecule has 0 radical (unpaired) electrons. The molecule has 4 rings (SSSR count). The number of nitrogens with zero attached hydrogens (tertiary/aromatic N) is 1. The Morgan fingerprint density at radius 2 is 1.57 bits per heavy atom. The number of ether oxygens (including phenoxy) is 3. The standard InChI is InChI=1S/C29H27NO7/c1-18-6-4-7-19(2)27(18)30-16-22(15-26(30)32)28(33)36-17-25(31)20-10-12-23(13-11-20)37-29(34)21-8-5-9-24(14-21)35-3/h4-14,22H,15-17H2,1-3H3/t22-/m0/s1. The summed E-state index contributed by atoms with van der Waals surface area (Å²) >= 11 is 0. The minimum atomic E-state index is -0.641. The van der Waals surface area contributed by atoms with Crippen LogP contribution in [0.3, 0.4) is 0 Å². The molecule has 0 saturated carbocycles. The lowest BCUT2D eigenvalue weighted by molar-refractivity contribution is -0.147. The highest BCUT2D eigenvalue weighted by molar-refractivity contribution is 6.02. The van der Waals surface area contributed by atoms with Crippen molar-refractivity contribution < 1.29 is 33.4 Å². The summed E-state index contributed by atoms with van der Waals surface area (Å²) in [5.41, 5.74) is 3.35. The van der Waals surface area contributed by atoms with E-state index < -0.39 is 30.2 Å². The maximum atomic E-state index is 12.6. The molecule has 0 aromatic heterocycles. The molecule has 8 heteroatoms. The second-order valence-corrected chi connectivity index (χ2v) is 8.82. The van der Waals surface area contributed by atoms with Gasteiger partial charge in [-0.2, -0.15) is 0 Å². The number of hydrogen-bond donors (Lipinski definition) is 0. The first-order chi connectivity index (χ1) is 17.8. The molecule has 1 heterocycles. The van der Waals surface area contributed by atoms with E-state index in [-0.39, 0.29) is 24.6 Å². The van der Waals surface area contributed by atoms with Gasteiger partial charge >= 0.3 is 11.9 Å². The van der Waals surface area contributed by atoms with Crippen LogP contribution in [0.15, 0.2) is 66.7 Å². The fourth-order valence-corrected chi connectivity index (χ4v) is 4.28. The van der Waals surface area contributed by atoms with Gasteiger partial charge < -0.3 is 19.1 Å². The maximum absolute atomic E-state index is 12.6. The third kappa shape index (κ3) is 5.86. The summed E-state index contributed by atoms with van der Waals surface area (Å²) in [4.78, 5) is 51.7. The minimum absolute atomic E-state index is 0.0359. The first-order valence-corrected chi connectivity index (χ1v) is 11.8. The van der Waals surface area contributed by atoms with Crippen LogP contribution >= 0.6 is 0 Å². The summed E-state index contributed by atoms with van der Waals surface area (Å²) in [5.74, 6) is -1.55. The molecule has 0 aliphatic carbocycles. The number of rotatable bonds is 8. The number of Topliss-reactive ketones (excluding diaryl/α,β-unsaturated/α-hetero) is 1. The Kier molecular flexibility index (Phi) is 7.67. The number of benzene rings is 3. The monoisotopic (exact) mass is 501 g/mol. The summed E-state index contributed by atoms with van der Waals surface area (Å²) < 4.78 is 15.7. The normalized spacial score (nSPS) is 14.8. The first kappa shape index (κ1) is 25.6. The van der Waals surface area contributed by atoms with E-state index in [9.17, 15) is 19.2 Å². The van der Waals surface area contributed by atoms with E-state index >= 15 is 0 Å². The van der Waals surface area contributed by atoms with E-state index in [1.807, 2.05) is 32.0 Å². The Labute approximate surface area is 214 Å². The Morgan fingerprint density at radius 1 is 0.892 bits per heavy atom. The van der Waals surface area contributed by atoms with Crippen molar-refractivity contribution in [1.82, 2.24) is 0 Å². The fourth-order valence-electron chi connectivity index (χ4n) is 4.28. The van der Waals surface area contributed by atoms with Crippen LogP contribution in [0.25, 0.3) is 0 Å². The van der Waals surface area contributed by atoms with Crippen molar-refractivity contribution in [2.45, 2.75) is 20.3 Å². The van der Waals surface area contributed by atoms with Gasteiger partial charge in [-0.05, 0) is 67.4 Å². The van der Waals surface area contributed by atoms with Gasteiger partial charge in [0.15, 0.2) is 12.4 Å². The van der Waals surface area contributed by atoms with E-state index in [1.54, 1.807) is 29.2 Å². The van der Waals surface area contributed by atoms with Crippen molar-refractivity contribution in [1.29, 1.82) is 0 Å². The average molecular weight is 502 g/mol. The zero-order chi connectivity index (χ0) is 26.5. The quantitative estimate of drug-likeness (QED) is 0.258. The molecule has 1 fully saturated rings. The number of amides is 1. The number of aryl methyl sites for hydroxylation is 2. The van der Waals surface area contributed by atoms with Crippen LogP contribution in [0.5, 0.6) is 11.5 Å². The Balaban J connectivity index is 1.31. The number of anilines is 1. The Bertz CT molecular complexity index is 1330. The predicted molar refractivity (Wildman–Crippen MR) is 136 cm³/mol. The SMILES string of the molecule is COc1cccc(C(=O)Oc2ccc(C(=O)COC(=O)[C@H]3CC(=O)N(c4c(C)cccc4C)C3)cc2)c1. The summed E-state index contributed by atoms with van der Waals surface area (Å²) in [6.07, 6.45) is 0.0359. The largest absolute Gasteiger partial charge is 0.497 e. The van der Waals surface area contributed by atoms with Crippen LogP contribution in [0.4, 0.5) is 5.69 Å². The van der Waals surface area contributed by atoms with E-state index in [0.717, 1.165) is 16.8 Å². The second-order valence-electron chi connectivity index (χ2n) is 8.82. The molecule has 1 amide bonds. The van der Waals surface area contributed by atoms with E-state index in [2.05, 4.69) is 0 Å². The predicted octanol–water partition coefficient (Wildman–Crippen LogP) is 4.31. The highest BCUT2D eigenvalue weighted by Gasteiger charge is 2.37. The van der Waals surface area contributed by atoms with Crippen molar-refractivity contribution in [2.24, 2.45) is 5.92 Å². The first-order valence-electron chi connectivity index (χ1n) is 11.8. The van der Waals surface area contributed by atoms with Gasteiger partial charge in [0.25, 0.3) is 0 Å². The molecule has 1 aliphatic rings. The molecule has 3 aromatic rings. The lowest BCUT2D eigenvalue weighted by Crippen LogP contribution is -2.28. The molecule has 1 saturated heterocycles. The second kappa shape index (κ2) is 11.1. The molecular formula is C29H27NO7. The van der Waals surface area contributed by atoms with Crippen molar-refractivity contribution in [2.75, 3.05) is 25.2 Å². The molecule has 3 aromatic carbocycles. The van der Waals surface area contributed by atoms with Crippen molar-refractivity contribution in [3.8, 4) is 11.5 Å². The third-order valence-electron chi connectivity index (χ3n) is 6.21. The van der Waals surface area contributed by atoms with Gasteiger partial charge in [-0.25, -0.2) is 4.79 Å². The number of esters is 2. The molecule has 8 nitrogen and oxygen atoms in total. The van der Waals surface area contributed by atoms with Crippen LogP contribution in [0.1, 0.15) is 38.3 Å². The zero-order valence-corrected chi connectivity index (χ0v) is 20.9. The van der Waals surface area contributed by atoms with Crippen molar-refractivity contribution in [3.63, 3.8) is 0 Å². The van der Waals surface area contributed by atoms with Crippen LogP contribution < -0.4 is 14.4 Å². The Morgan fingerprint density at radius 3 is 2.24 bits per heavy atom. The van der Waals surface area contributed by atoms with Gasteiger partial charge in [0, 0.05) is 24.2 Å².